The number of rotatable bonds is 1. The van der Waals surface area contributed by atoms with Crippen LogP contribution in [-0.4, -0.2) is 23.3 Å². The van der Waals surface area contributed by atoms with Crippen molar-refractivity contribution in [3.63, 3.8) is 0 Å². The third-order valence-corrected chi connectivity index (χ3v) is 1.75. The number of ether oxygens (including phenoxy) is 1. The molecule has 0 saturated heterocycles. The number of nitrogens with zero attached hydrogens (tertiary/aromatic N) is 1. The van der Waals surface area contributed by atoms with Crippen LogP contribution in [-0.2, 0) is 10.2 Å². The Kier molecular flexibility index (Phi) is 2.40. The number of esters is 1. The van der Waals surface area contributed by atoms with Crippen LogP contribution in [0.15, 0.2) is 6.07 Å². The maximum absolute atomic E-state index is 11.1. The molecule has 13 heavy (non-hydrogen) atoms. The van der Waals surface area contributed by atoms with E-state index in [0.29, 0.717) is 5.69 Å². The Morgan fingerprint density at radius 3 is 2.54 bits per heavy atom. The van der Waals surface area contributed by atoms with Gasteiger partial charge in [-0.05, 0) is 6.07 Å². The van der Waals surface area contributed by atoms with Crippen LogP contribution in [0.3, 0.4) is 0 Å². The van der Waals surface area contributed by atoms with E-state index in [1.165, 1.54) is 7.11 Å². The molecule has 0 spiro atoms. The number of hydrogen-bond acceptors (Lipinski definition) is 3. The fourth-order valence-electron chi connectivity index (χ4n) is 0.920. The van der Waals surface area contributed by atoms with E-state index in [9.17, 15) is 4.79 Å². The predicted octanol–water partition coefficient (Wildman–Crippen LogP) is 1.49. The van der Waals surface area contributed by atoms with Crippen LogP contribution in [0.2, 0.25) is 0 Å². The van der Waals surface area contributed by atoms with Crippen LogP contribution in [0.5, 0.6) is 0 Å². The summed E-state index contributed by atoms with van der Waals surface area (Å²) in [7, 11) is 1.35. The minimum atomic E-state index is -0.386. The molecule has 0 fully saturated rings. The van der Waals surface area contributed by atoms with E-state index in [4.69, 9.17) is 0 Å². The van der Waals surface area contributed by atoms with Crippen molar-refractivity contribution in [3.05, 3.63) is 17.5 Å². The van der Waals surface area contributed by atoms with Gasteiger partial charge in [-0.3, -0.25) is 5.10 Å². The molecule has 0 atom stereocenters. The summed E-state index contributed by atoms with van der Waals surface area (Å²) in [6, 6.07) is 1.71. The number of H-pyrrole nitrogens is 1. The summed E-state index contributed by atoms with van der Waals surface area (Å²) in [5.74, 6) is -0.386. The summed E-state index contributed by atoms with van der Waals surface area (Å²) in [6.07, 6.45) is 0. The normalized spacial score (nSPS) is 11.4. The SMILES string of the molecule is COC(=O)c1cc(C(C)(C)C)n[nH]1. The van der Waals surface area contributed by atoms with Gasteiger partial charge in [0.1, 0.15) is 5.69 Å². The molecule has 0 aliphatic rings. The third kappa shape index (κ3) is 2.08. The summed E-state index contributed by atoms with van der Waals surface area (Å²) < 4.78 is 4.55. The Hall–Kier alpha value is -1.32. The Bertz CT molecular complexity index is 310. The molecule has 1 rings (SSSR count). The first kappa shape index (κ1) is 9.77. The van der Waals surface area contributed by atoms with Crippen molar-refractivity contribution in [2.75, 3.05) is 7.11 Å². The van der Waals surface area contributed by atoms with Crippen LogP contribution in [0.1, 0.15) is 37.0 Å². The second kappa shape index (κ2) is 3.20. The van der Waals surface area contributed by atoms with Crippen molar-refractivity contribution in [3.8, 4) is 0 Å². The summed E-state index contributed by atoms with van der Waals surface area (Å²) in [5, 5.41) is 6.67. The van der Waals surface area contributed by atoms with Crippen molar-refractivity contribution in [2.45, 2.75) is 26.2 Å². The van der Waals surface area contributed by atoms with E-state index < -0.39 is 0 Å². The molecule has 1 heterocycles. The van der Waals surface area contributed by atoms with Gasteiger partial charge >= 0.3 is 5.97 Å². The number of hydrogen-bond donors (Lipinski definition) is 1. The van der Waals surface area contributed by atoms with E-state index in [1.54, 1.807) is 6.07 Å². The standard InChI is InChI=1S/C9H14N2O2/c1-9(2,3)7-5-6(10-11-7)8(12)13-4/h5H,1-4H3,(H,10,11). The summed E-state index contributed by atoms with van der Waals surface area (Å²) in [6.45, 7) is 6.10. The molecule has 0 bridgehead atoms. The number of carbonyl (C=O) groups excluding carboxylic acids is 1. The van der Waals surface area contributed by atoms with E-state index in [1.807, 2.05) is 20.8 Å². The molecular formula is C9H14N2O2. The highest BCUT2D eigenvalue weighted by Crippen LogP contribution is 2.20. The highest BCUT2D eigenvalue weighted by Gasteiger charge is 2.19. The van der Waals surface area contributed by atoms with Gasteiger partial charge in [0, 0.05) is 5.41 Å². The first-order valence-corrected chi connectivity index (χ1v) is 4.09. The lowest BCUT2D eigenvalue weighted by Gasteiger charge is -2.13. The number of nitrogens with one attached hydrogen (secondary N) is 1. The summed E-state index contributed by atoms with van der Waals surface area (Å²) >= 11 is 0. The molecule has 0 aliphatic carbocycles. The number of aromatic nitrogens is 2. The van der Waals surface area contributed by atoms with Crippen molar-refractivity contribution >= 4 is 5.97 Å². The van der Waals surface area contributed by atoms with Crippen LogP contribution in [0.4, 0.5) is 0 Å². The van der Waals surface area contributed by atoms with Gasteiger partial charge in [-0.15, -0.1) is 0 Å². The lowest BCUT2D eigenvalue weighted by Crippen LogP contribution is -2.11. The quantitative estimate of drug-likeness (QED) is 0.669. The minimum Gasteiger partial charge on any atom is -0.464 e. The third-order valence-electron chi connectivity index (χ3n) is 1.75. The van der Waals surface area contributed by atoms with E-state index in [2.05, 4.69) is 14.9 Å². The fourth-order valence-corrected chi connectivity index (χ4v) is 0.920. The number of carbonyl (C=O) groups is 1. The van der Waals surface area contributed by atoms with Crippen molar-refractivity contribution in [1.82, 2.24) is 10.2 Å². The lowest BCUT2D eigenvalue weighted by molar-refractivity contribution is 0.0594. The molecule has 0 amide bonds. The van der Waals surface area contributed by atoms with Crippen LogP contribution < -0.4 is 0 Å². The molecule has 0 aromatic carbocycles. The molecular weight excluding hydrogens is 168 g/mol. The van der Waals surface area contributed by atoms with Crippen LogP contribution in [0.25, 0.3) is 0 Å². The first-order valence-electron chi connectivity index (χ1n) is 4.09. The van der Waals surface area contributed by atoms with Gasteiger partial charge in [-0.1, -0.05) is 20.8 Å². The van der Waals surface area contributed by atoms with Gasteiger partial charge in [-0.25, -0.2) is 4.79 Å². The molecule has 72 valence electrons. The maximum atomic E-state index is 11.1. The van der Waals surface area contributed by atoms with Crippen molar-refractivity contribution in [2.24, 2.45) is 0 Å². The molecule has 0 saturated carbocycles. The van der Waals surface area contributed by atoms with Crippen molar-refractivity contribution < 1.29 is 9.53 Å². The molecule has 4 heteroatoms. The molecule has 1 aromatic heterocycles. The van der Waals surface area contributed by atoms with Gasteiger partial charge in [0.2, 0.25) is 0 Å². The smallest absolute Gasteiger partial charge is 0.356 e. The Labute approximate surface area is 77.3 Å². The lowest BCUT2D eigenvalue weighted by atomic mass is 9.92. The van der Waals surface area contributed by atoms with E-state index in [-0.39, 0.29) is 11.4 Å². The maximum Gasteiger partial charge on any atom is 0.356 e. The van der Waals surface area contributed by atoms with Crippen molar-refractivity contribution in [1.29, 1.82) is 0 Å². The van der Waals surface area contributed by atoms with Crippen LogP contribution >= 0.6 is 0 Å². The summed E-state index contributed by atoms with van der Waals surface area (Å²) in [4.78, 5) is 11.1. The number of methoxy groups -OCH3 is 1. The van der Waals surface area contributed by atoms with Crippen LogP contribution in [0, 0.1) is 0 Å². The zero-order valence-corrected chi connectivity index (χ0v) is 8.34. The predicted molar refractivity (Wildman–Crippen MR) is 48.6 cm³/mol. The summed E-state index contributed by atoms with van der Waals surface area (Å²) in [5.41, 5.74) is 1.20. The average molecular weight is 182 g/mol. The second-order valence-corrected chi connectivity index (χ2v) is 3.91. The van der Waals surface area contributed by atoms with Gasteiger partial charge in [0.25, 0.3) is 0 Å². The zero-order valence-electron chi connectivity index (χ0n) is 8.34. The Morgan fingerprint density at radius 1 is 1.54 bits per heavy atom. The number of aromatic amines is 1. The minimum absolute atomic E-state index is 0.0528. The highest BCUT2D eigenvalue weighted by atomic mass is 16.5. The van der Waals surface area contributed by atoms with Gasteiger partial charge in [-0.2, -0.15) is 5.10 Å². The highest BCUT2D eigenvalue weighted by molar-refractivity contribution is 5.87. The van der Waals surface area contributed by atoms with Gasteiger partial charge in [0.15, 0.2) is 0 Å². The zero-order chi connectivity index (χ0) is 10.1. The van der Waals surface area contributed by atoms with E-state index >= 15 is 0 Å². The molecule has 1 aromatic rings. The Morgan fingerprint density at radius 2 is 2.15 bits per heavy atom. The molecule has 0 aliphatic heterocycles. The second-order valence-electron chi connectivity index (χ2n) is 3.91. The molecule has 1 N–H and O–H groups in total. The monoisotopic (exact) mass is 182 g/mol. The average Bonchev–Trinajstić information content (AvgIpc) is 2.50. The van der Waals surface area contributed by atoms with Gasteiger partial charge < -0.3 is 4.74 Å². The topological polar surface area (TPSA) is 55.0 Å². The molecule has 0 radical (unpaired) electrons. The first-order chi connectivity index (χ1) is 5.95. The fraction of sp³-hybridized carbons (Fsp3) is 0.556. The van der Waals surface area contributed by atoms with Gasteiger partial charge in [0.05, 0.1) is 12.8 Å². The molecule has 4 nitrogen and oxygen atoms in total. The Balaban J connectivity index is 2.93. The molecule has 0 unspecified atom stereocenters. The van der Waals surface area contributed by atoms with E-state index in [0.717, 1.165) is 5.69 Å². The largest absolute Gasteiger partial charge is 0.464 e.